The van der Waals surface area contributed by atoms with Crippen molar-refractivity contribution < 1.29 is 45.5 Å². The molecule has 2 aromatic carbocycles. The number of likely N-dealkylation sites (tertiary alicyclic amines) is 2. The van der Waals surface area contributed by atoms with Gasteiger partial charge in [-0.1, -0.05) is 20.8 Å². The van der Waals surface area contributed by atoms with Crippen molar-refractivity contribution in [3.8, 4) is 11.5 Å². The summed E-state index contributed by atoms with van der Waals surface area (Å²) in [6, 6.07) is 1.66. The summed E-state index contributed by atoms with van der Waals surface area (Å²) in [5, 5.41) is 11.3. The number of aromatic amines is 1. The van der Waals surface area contributed by atoms with E-state index in [0.29, 0.717) is 16.5 Å². The molecule has 0 radical (unpaired) electrons. The van der Waals surface area contributed by atoms with Crippen LogP contribution in [0.5, 0.6) is 0 Å². The number of H-pyrrole nitrogens is 1. The van der Waals surface area contributed by atoms with Gasteiger partial charge in [0.1, 0.15) is 23.7 Å². The van der Waals surface area contributed by atoms with Gasteiger partial charge in [-0.2, -0.15) is 0 Å². The van der Waals surface area contributed by atoms with E-state index in [2.05, 4.69) is 26.3 Å². The normalized spacial score (nSPS) is 20.6. The number of nitrogens with one attached hydrogen (secondary N) is 5. The molecule has 6 atom stereocenters. The third-order valence-corrected chi connectivity index (χ3v) is 11.9. The third-order valence-electron chi connectivity index (χ3n) is 11.9. The number of likely N-dealkylation sites (N-methyl/N-ethyl adjacent to an activating group) is 2. The van der Waals surface area contributed by atoms with Gasteiger partial charge in [-0.15, -0.1) is 0 Å². The Bertz CT molecular complexity index is 2300. The highest BCUT2D eigenvalue weighted by Crippen LogP contribution is 2.41. The second-order valence-electron chi connectivity index (χ2n) is 16.6. The van der Waals surface area contributed by atoms with E-state index >= 15 is 17.6 Å². The SMILES string of the molecule is CCC(NC(=O)C(C)NC)C(=O)N1CC(F)(F)CC1Cn1c(-c2[nH]c3cc(F)ccc3c2CC2CC(F)(F)CN2C(=O)C(NC(=O)[C@@H](C)NC)C(C)C)nc2cc(F)ccc21. The van der Waals surface area contributed by atoms with Gasteiger partial charge in [0.15, 0.2) is 5.82 Å². The first-order valence-corrected chi connectivity index (χ1v) is 20.5. The quantitative estimate of drug-likeness (QED) is 0.108. The minimum Gasteiger partial charge on any atom is -0.352 e. The summed E-state index contributed by atoms with van der Waals surface area (Å²) in [6.45, 7) is 6.06. The van der Waals surface area contributed by atoms with E-state index < -0.39 is 115 Å². The van der Waals surface area contributed by atoms with Crippen LogP contribution in [-0.4, -0.2) is 123 Å². The Morgan fingerprint density at radius 2 is 1.39 bits per heavy atom. The zero-order valence-electron chi connectivity index (χ0n) is 35.1. The Labute approximate surface area is 349 Å². The van der Waals surface area contributed by atoms with E-state index in [1.807, 2.05) is 0 Å². The van der Waals surface area contributed by atoms with Gasteiger partial charge in [0.2, 0.25) is 23.6 Å². The van der Waals surface area contributed by atoms with Gasteiger partial charge < -0.3 is 40.6 Å². The zero-order valence-corrected chi connectivity index (χ0v) is 35.1. The first kappa shape index (κ1) is 45.4. The minimum atomic E-state index is -3.31. The number of carbonyl (C=O) groups is 4. The van der Waals surface area contributed by atoms with Crippen molar-refractivity contribution in [2.45, 2.75) is 115 Å². The van der Waals surface area contributed by atoms with E-state index in [-0.39, 0.29) is 41.9 Å². The molecular formula is C42H53F6N9O4. The van der Waals surface area contributed by atoms with Gasteiger partial charge in [-0.25, -0.2) is 31.3 Å². The lowest BCUT2D eigenvalue weighted by atomic mass is 9.97. The molecular weight excluding hydrogens is 809 g/mol. The molecule has 4 heterocycles. The third kappa shape index (κ3) is 9.51. The fourth-order valence-corrected chi connectivity index (χ4v) is 8.28. The minimum absolute atomic E-state index is 0.0639. The largest absolute Gasteiger partial charge is 0.352 e. The molecule has 13 nitrogen and oxygen atoms in total. The Kier molecular flexibility index (Phi) is 13.1. The zero-order chi connectivity index (χ0) is 44.7. The highest BCUT2D eigenvalue weighted by Gasteiger charge is 2.50. The van der Waals surface area contributed by atoms with Crippen molar-refractivity contribution in [3.05, 3.63) is 53.6 Å². The molecule has 0 spiro atoms. The average Bonchev–Trinajstić information content (AvgIpc) is 3.92. The van der Waals surface area contributed by atoms with E-state index in [1.165, 1.54) is 28.8 Å². The predicted octanol–water partition coefficient (Wildman–Crippen LogP) is 4.73. The van der Waals surface area contributed by atoms with E-state index in [1.54, 1.807) is 48.7 Å². The molecule has 2 aliphatic rings. The molecule has 2 aliphatic heterocycles. The van der Waals surface area contributed by atoms with Crippen LogP contribution in [0.4, 0.5) is 26.3 Å². The average molecular weight is 862 g/mol. The molecule has 0 aliphatic carbocycles. The van der Waals surface area contributed by atoms with Crippen LogP contribution in [0.2, 0.25) is 0 Å². The van der Waals surface area contributed by atoms with Gasteiger partial charge in [0, 0.05) is 42.4 Å². The number of benzene rings is 2. The lowest BCUT2D eigenvalue weighted by molar-refractivity contribution is -0.139. The van der Waals surface area contributed by atoms with E-state index in [9.17, 15) is 28.0 Å². The lowest BCUT2D eigenvalue weighted by Gasteiger charge is -2.31. The molecule has 0 saturated carbocycles. The van der Waals surface area contributed by atoms with Gasteiger partial charge >= 0.3 is 0 Å². The summed E-state index contributed by atoms with van der Waals surface area (Å²) >= 11 is 0. The monoisotopic (exact) mass is 861 g/mol. The van der Waals surface area contributed by atoms with E-state index in [4.69, 9.17) is 4.98 Å². The van der Waals surface area contributed by atoms with E-state index in [0.717, 1.165) is 21.9 Å². The lowest BCUT2D eigenvalue weighted by Crippen LogP contribution is -2.55. The summed E-state index contributed by atoms with van der Waals surface area (Å²) < 4.78 is 92.7. The van der Waals surface area contributed by atoms with Gasteiger partial charge in [0.25, 0.3) is 11.8 Å². The molecule has 332 valence electrons. The standard InChI is InChI=1S/C42H53F6N9O4/c1-8-30(53-37(58)22(4)49-6)39(60)57-20-42(47,48)17-27(57)18-55-33-12-10-25(44)14-32(33)52-36(55)35-29(28-11-9-24(43)13-31(28)51-35)15-26-16-41(45,46)19-56(26)40(61)34(21(2)3)54-38(59)23(5)50-7/h9-14,21-23,26-27,30,34,49-51H,8,15-20H2,1-7H3,(H,53,58)(H,54,59)/t22?,23-,26?,27?,30?,34?/m1/s1. The van der Waals surface area contributed by atoms with Crippen molar-refractivity contribution >= 4 is 45.6 Å². The van der Waals surface area contributed by atoms with Gasteiger partial charge in [-0.3, -0.25) is 19.2 Å². The van der Waals surface area contributed by atoms with Crippen LogP contribution in [0.15, 0.2) is 36.4 Å². The van der Waals surface area contributed by atoms with Gasteiger partial charge in [-0.05, 0) is 82.6 Å². The van der Waals surface area contributed by atoms with Crippen LogP contribution in [0.3, 0.4) is 0 Å². The molecule has 19 heteroatoms. The summed E-state index contributed by atoms with van der Waals surface area (Å²) in [5.41, 5.74) is 1.18. The fourth-order valence-electron chi connectivity index (χ4n) is 8.28. The second kappa shape index (κ2) is 17.7. The number of hydrogen-bond donors (Lipinski definition) is 5. The number of alkyl halides is 4. The summed E-state index contributed by atoms with van der Waals surface area (Å²) in [4.78, 5) is 63.7. The number of aromatic nitrogens is 3. The first-order valence-electron chi connectivity index (χ1n) is 20.5. The fraction of sp³-hybridized carbons (Fsp3) is 0.548. The highest BCUT2D eigenvalue weighted by atomic mass is 19.3. The summed E-state index contributed by atoms with van der Waals surface area (Å²) in [7, 11) is 3.13. The Hall–Kier alpha value is -5.17. The number of halogens is 6. The van der Waals surface area contributed by atoms with Crippen LogP contribution in [0.25, 0.3) is 33.5 Å². The molecule has 2 fully saturated rings. The van der Waals surface area contributed by atoms with Crippen LogP contribution in [0.1, 0.15) is 59.4 Å². The van der Waals surface area contributed by atoms with Crippen LogP contribution in [-0.2, 0) is 32.1 Å². The van der Waals surface area contributed by atoms with Crippen molar-refractivity contribution in [2.75, 3.05) is 27.2 Å². The van der Waals surface area contributed by atoms with Crippen molar-refractivity contribution in [1.29, 1.82) is 0 Å². The molecule has 61 heavy (non-hydrogen) atoms. The number of hydrogen-bond acceptors (Lipinski definition) is 7. The van der Waals surface area contributed by atoms with Crippen LogP contribution in [0, 0.1) is 17.6 Å². The summed E-state index contributed by atoms with van der Waals surface area (Å²) in [6.07, 6.45) is -1.59. The maximum atomic E-state index is 15.5. The molecule has 0 bridgehead atoms. The number of carbonyl (C=O) groups excluding carboxylic acids is 4. The molecule has 4 aromatic rings. The number of rotatable bonds is 15. The molecule has 5 N–H and O–H groups in total. The maximum Gasteiger partial charge on any atom is 0.267 e. The van der Waals surface area contributed by atoms with Crippen LogP contribution < -0.4 is 21.3 Å². The Balaban J connectivity index is 1.44. The van der Waals surface area contributed by atoms with Crippen LogP contribution >= 0.6 is 0 Å². The molecule has 6 rings (SSSR count). The Morgan fingerprint density at radius 3 is 2.00 bits per heavy atom. The molecule has 2 aromatic heterocycles. The van der Waals surface area contributed by atoms with Gasteiger partial charge in [0.05, 0.1) is 47.9 Å². The smallest absolute Gasteiger partial charge is 0.267 e. The number of imidazole rings is 1. The number of nitrogens with zero attached hydrogens (tertiary/aromatic N) is 4. The second-order valence-corrected chi connectivity index (χ2v) is 16.6. The molecule has 4 amide bonds. The van der Waals surface area contributed by atoms with Crippen molar-refractivity contribution in [2.24, 2.45) is 5.92 Å². The Morgan fingerprint density at radius 1 is 0.820 bits per heavy atom. The van der Waals surface area contributed by atoms with Crippen molar-refractivity contribution in [1.82, 2.24) is 45.6 Å². The number of amides is 4. The topological polar surface area (TPSA) is 156 Å². The first-order chi connectivity index (χ1) is 28.7. The maximum absolute atomic E-state index is 15.5. The predicted molar refractivity (Wildman–Crippen MR) is 217 cm³/mol. The van der Waals surface area contributed by atoms with Crippen molar-refractivity contribution in [3.63, 3.8) is 0 Å². The number of fused-ring (bicyclic) bond motifs is 2. The molecule has 5 unspecified atom stereocenters. The summed E-state index contributed by atoms with van der Waals surface area (Å²) in [5.74, 6) is -10.7. The highest BCUT2D eigenvalue weighted by molar-refractivity contribution is 5.93. The molecule has 2 saturated heterocycles.